The van der Waals surface area contributed by atoms with Crippen LogP contribution in [0, 0.1) is 0 Å². The summed E-state index contributed by atoms with van der Waals surface area (Å²) in [7, 11) is 0. The maximum absolute atomic E-state index is 4.68. The maximum Gasteiger partial charge on any atom is 0.136 e. The van der Waals surface area contributed by atoms with Crippen molar-refractivity contribution in [1.82, 2.24) is 9.97 Å². The minimum atomic E-state index is 0.431. The minimum Gasteiger partial charge on any atom is -0.370 e. The van der Waals surface area contributed by atoms with Gasteiger partial charge in [0.2, 0.25) is 0 Å². The largest absolute Gasteiger partial charge is 0.370 e. The molecule has 5 heteroatoms. The van der Waals surface area contributed by atoms with Crippen molar-refractivity contribution in [3.8, 4) is 0 Å². The van der Waals surface area contributed by atoms with Crippen LogP contribution in [0.1, 0.15) is 51.8 Å². The molecule has 1 heterocycles. The van der Waals surface area contributed by atoms with Crippen molar-refractivity contribution < 1.29 is 0 Å². The molecule has 0 radical (unpaired) electrons. The Balaban J connectivity index is 2.03. The van der Waals surface area contributed by atoms with E-state index in [0.717, 1.165) is 41.9 Å². The molecule has 1 aromatic rings. The van der Waals surface area contributed by atoms with E-state index in [1.54, 1.807) is 0 Å². The standard InChI is InChI=1S/C15H26N4S/c1-4-8-16-13-9-14(17-11(3)10-20-5-2)19-15(18-13)12-6-7-12/h9,11-12H,4-8,10H2,1-3H3,(H2,16,17,18,19). The molecule has 0 aromatic carbocycles. The molecule has 1 aliphatic carbocycles. The zero-order chi connectivity index (χ0) is 14.4. The minimum absolute atomic E-state index is 0.431. The number of rotatable bonds is 9. The van der Waals surface area contributed by atoms with Gasteiger partial charge in [0, 0.05) is 30.3 Å². The van der Waals surface area contributed by atoms with E-state index in [-0.39, 0.29) is 0 Å². The van der Waals surface area contributed by atoms with Crippen LogP contribution in [0.15, 0.2) is 6.07 Å². The average Bonchev–Trinajstić information content (AvgIpc) is 3.27. The third-order valence-electron chi connectivity index (χ3n) is 3.21. The van der Waals surface area contributed by atoms with Gasteiger partial charge in [0.05, 0.1) is 0 Å². The molecular weight excluding hydrogens is 268 g/mol. The van der Waals surface area contributed by atoms with Gasteiger partial charge < -0.3 is 10.6 Å². The van der Waals surface area contributed by atoms with E-state index < -0.39 is 0 Å². The smallest absolute Gasteiger partial charge is 0.136 e. The Morgan fingerprint density at radius 1 is 1.30 bits per heavy atom. The van der Waals surface area contributed by atoms with Gasteiger partial charge in [0.25, 0.3) is 0 Å². The molecule has 2 N–H and O–H groups in total. The molecule has 1 saturated carbocycles. The number of nitrogens with zero attached hydrogens (tertiary/aromatic N) is 2. The van der Waals surface area contributed by atoms with Gasteiger partial charge in [0.15, 0.2) is 0 Å². The Kier molecular flexibility index (Phi) is 5.95. The molecule has 0 amide bonds. The highest BCUT2D eigenvalue weighted by atomic mass is 32.2. The van der Waals surface area contributed by atoms with Crippen molar-refractivity contribution >= 4 is 23.4 Å². The summed E-state index contributed by atoms with van der Waals surface area (Å²) in [6.45, 7) is 7.53. The molecule has 1 fully saturated rings. The highest BCUT2D eigenvalue weighted by molar-refractivity contribution is 7.99. The lowest BCUT2D eigenvalue weighted by molar-refractivity contribution is 0.869. The molecule has 1 aromatic heterocycles. The van der Waals surface area contributed by atoms with Crippen molar-refractivity contribution in [2.24, 2.45) is 0 Å². The molecule has 4 nitrogen and oxygen atoms in total. The topological polar surface area (TPSA) is 49.8 Å². The van der Waals surface area contributed by atoms with E-state index in [1.165, 1.54) is 12.8 Å². The van der Waals surface area contributed by atoms with Crippen molar-refractivity contribution in [1.29, 1.82) is 0 Å². The lowest BCUT2D eigenvalue weighted by Crippen LogP contribution is -2.20. The first kappa shape index (κ1) is 15.4. The van der Waals surface area contributed by atoms with E-state index in [0.29, 0.717) is 12.0 Å². The summed E-state index contributed by atoms with van der Waals surface area (Å²) in [5, 5.41) is 6.88. The first-order chi connectivity index (χ1) is 9.72. The Morgan fingerprint density at radius 2 is 2.05 bits per heavy atom. The lowest BCUT2D eigenvalue weighted by atomic mass is 10.3. The lowest BCUT2D eigenvalue weighted by Gasteiger charge is -2.15. The summed E-state index contributed by atoms with van der Waals surface area (Å²) in [5.41, 5.74) is 0. The molecule has 0 spiro atoms. The van der Waals surface area contributed by atoms with Crippen LogP contribution in [0.2, 0.25) is 0 Å². The SMILES string of the molecule is CCCNc1cc(NC(C)CSCC)nc(C2CC2)n1. The van der Waals surface area contributed by atoms with Crippen molar-refractivity contribution in [2.45, 2.75) is 52.0 Å². The van der Waals surface area contributed by atoms with Crippen LogP contribution in [0.5, 0.6) is 0 Å². The Labute approximate surface area is 126 Å². The molecule has 112 valence electrons. The van der Waals surface area contributed by atoms with Crippen LogP contribution in [0.4, 0.5) is 11.6 Å². The molecule has 1 aliphatic rings. The molecule has 20 heavy (non-hydrogen) atoms. The zero-order valence-corrected chi connectivity index (χ0v) is 13.6. The fourth-order valence-electron chi connectivity index (χ4n) is 2.00. The summed E-state index contributed by atoms with van der Waals surface area (Å²) >= 11 is 1.95. The number of aromatic nitrogens is 2. The molecule has 0 saturated heterocycles. The predicted molar refractivity (Wildman–Crippen MR) is 88.9 cm³/mol. The molecule has 2 rings (SSSR count). The second kappa shape index (κ2) is 7.72. The number of anilines is 2. The Bertz CT molecular complexity index is 420. The van der Waals surface area contributed by atoms with Crippen LogP contribution in [-0.4, -0.2) is 34.1 Å². The zero-order valence-electron chi connectivity index (χ0n) is 12.8. The third-order valence-corrected chi connectivity index (χ3v) is 4.35. The number of hydrogen-bond acceptors (Lipinski definition) is 5. The molecular formula is C15H26N4S. The quantitative estimate of drug-likeness (QED) is 0.727. The summed E-state index contributed by atoms with van der Waals surface area (Å²) in [6, 6.07) is 2.47. The Morgan fingerprint density at radius 3 is 2.70 bits per heavy atom. The summed E-state index contributed by atoms with van der Waals surface area (Å²) in [5.74, 6) is 5.78. The third kappa shape index (κ3) is 4.85. The first-order valence-electron chi connectivity index (χ1n) is 7.70. The second-order valence-corrected chi connectivity index (χ2v) is 6.72. The van der Waals surface area contributed by atoms with Gasteiger partial charge >= 0.3 is 0 Å². The molecule has 0 aliphatic heterocycles. The van der Waals surface area contributed by atoms with Crippen molar-refractivity contribution in [2.75, 3.05) is 28.7 Å². The maximum atomic E-state index is 4.68. The predicted octanol–water partition coefficient (Wildman–Crippen LogP) is 3.73. The van der Waals surface area contributed by atoms with E-state index in [4.69, 9.17) is 0 Å². The van der Waals surface area contributed by atoms with E-state index in [1.807, 2.05) is 17.8 Å². The fourth-order valence-corrected chi connectivity index (χ4v) is 2.67. The van der Waals surface area contributed by atoms with Gasteiger partial charge in [-0.1, -0.05) is 13.8 Å². The van der Waals surface area contributed by atoms with E-state index in [2.05, 4.69) is 41.4 Å². The molecule has 1 unspecified atom stereocenters. The number of nitrogens with one attached hydrogen (secondary N) is 2. The van der Waals surface area contributed by atoms with Crippen LogP contribution in [-0.2, 0) is 0 Å². The average molecular weight is 294 g/mol. The van der Waals surface area contributed by atoms with Gasteiger partial charge in [-0.3, -0.25) is 0 Å². The second-order valence-electron chi connectivity index (χ2n) is 5.40. The normalized spacial score (nSPS) is 15.9. The first-order valence-corrected chi connectivity index (χ1v) is 8.85. The fraction of sp³-hybridized carbons (Fsp3) is 0.733. The van der Waals surface area contributed by atoms with Crippen LogP contribution >= 0.6 is 11.8 Å². The van der Waals surface area contributed by atoms with Gasteiger partial charge in [-0.2, -0.15) is 11.8 Å². The van der Waals surface area contributed by atoms with Crippen LogP contribution < -0.4 is 10.6 Å². The van der Waals surface area contributed by atoms with Crippen LogP contribution in [0.25, 0.3) is 0 Å². The number of hydrogen-bond donors (Lipinski definition) is 2. The van der Waals surface area contributed by atoms with Crippen molar-refractivity contribution in [3.05, 3.63) is 11.9 Å². The highest BCUT2D eigenvalue weighted by Crippen LogP contribution is 2.38. The summed E-state index contributed by atoms with van der Waals surface area (Å²) < 4.78 is 0. The molecule has 1 atom stereocenters. The van der Waals surface area contributed by atoms with Crippen LogP contribution in [0.3, 0.4) is 0 Å². The van der Waals surface area contributed by atoms with Gasteiger partial charge in [-0.15, -0.1) is 0 Å². The van der Waals surface area contributed by atoms with E-state index in [9.17, 15) is 0 Å². The van der Waals surface area contributed by atoms with Gasteiger partial charge in [-0.25, -0.2) is 9.97 Å². The molecule has 0 bridgehead atoms. The van der Waals surface area contributed by atoms with Crippen molar-refractivity contribution in [3.63, 3.8) is 0 Å². The van der Waals surface area contributed by atoms with E-state index >= 15 is 0 Å². The highest BCUT2D eigenvalue weighted by Gasteiger charge is 2.27. The van der Waals surface area contributed by atoms with Gasteiger partial charge in [-0.05, 0) is 31.9 Å². The van der Waals surface area contributed by atoms with Gasteiger partial charge in [0.1, 0.15) is 17.5 Å². The summed E-state index contributed by atoms with van der Waals surface area (Å²) in [6.07, 6.45) is 3.57. The summed E-state index contributed by atoms with van der Waals surface area (Å²) in [4.78, 5) is 9.32. The number of thioether (sulfide) groups is 1. The Hall–Kier alpha value is -0.970. The monoisotopic (exact) mass is 294 g/mol.